The fourth-order valence-corrected chi connectivity index (χ4v) is 4.03. The first-order valence-corrected chi connectivity index (χ1v) is 10.9. The summed E-state index contributed by atoms with van der Waals surface area (Å²) in [6.45, 7) is 6.38. The molecule has 1 atom stereocenters. The molecule has 0 amide bonds. The molecule has 31 heavy (non-hydrogen) atoms. The summed E-state index contributed by atoms with van der Waals surface area (Å²) in [4.78, 5) is 6.70. The molecule has 0 saturated carbocycles. The summed E-state index contributed by atoms with van der Waals surface area (Å²) in [5.74, 6) is 1.60. The van der Waals surface area contributed by atoms with Gasteiger partial charge in [0.1, 0.15) is 11.5 Å². The number of aromatic nitrogens is 1. The first kappa shape index (κ1) is 21.3. The maximum atomic E-state index is 10.00. The molecule has 1 N–H and O–H groups in total. The van der Waals surface area contributed by atoms with Gasteiger partial charge in [-0.05, 0) is 61.2 Å². The molecule has 1 fully saturated rings. The zero-order chi connectivity index (χ0) is 21.6. The van der Waals surface area contributed by atoms with Crippen molar-refractivity contribution in [2.24, 2.45) is 0 Å². The Bertz CT molecular complexity index is 1020. The van der Waals surface area contributed by atoms with Crippen LogP contribution in [-0.2, 0) is 24.4 Å². The van der Waals surface area contributed by atoms with E-state index in [1.807, 2.05) is 48.7 Å². The first-order chi connectivity index (χ1) is 15.2. The molecule has 2 aromatic carbocycles. The van der Waals surface area contributed by atoms with Crippen LogP contribution in [0, 0.1) is 6.92 Å². The predicted molar refractivity (Wildman–Crippen MR) is 123 cm³/mol. The molecule has 0 aliphatic carbocycles. The highest BCUT2D eigenvalue weighted by molar-refractivity contribution is 5.57. The van der Waals surface area contributed by atoms with Gasteiger partial charge in [-0.25, -0.2) is 0 Å². The second-order valence-corrected chi connectivity index (χ2v) is 7.95. The summed E-state index contributed by atoms with van der Waals surface area (Å²) in [5.41, 5.74) is 5.22. The van der Waals surface area contributed by atoms with E-state index in [9.17, 15) is 5.11 Å². The van der Waals surface area contributed by atoms with Gasteiger partial charge >= 0.3 is 0 Å². The van der Waals surface area contributed by atoms with Crippen LogP contribution in [0.25, 0.3) is 0 Å². The van der Waals surface area contributed by atoms with Gasteiger partial charge < -0.3 is 19.5 Å². The Morgan fingerprint density at radius 3 is 2.77 bits per heavy atom. The summed E-state index contributed by atoms with van der Waals surface area (Å²) in [6.07, 6.45) is 3.83. The van der Waals surface area contributed by atoms with Gasteiger partial charge in [-0.1, -0.05) is 31.2 Å². The van der Waals surface area contributed by atoms with Crippen LogP contribution in [0.3, 0.4) is 0 Å². The third-order valence-corrected chi connectivity index (χ3v) is 5.86. The number of anilines is 1. The molecule has 1 saturated heterocycles. The number of aliphatic hydroxyl groups is 1. The van der Waals surface area contributed by atoms with Gasteiger partial charge in [0.05, 0.1) is 25.0 Å². The molecule has 4 rings (SSSR count). The minimum absolute atomic E-state index is 0.0306. The number of aryl methyl sites for hydroxylation is 2. The van der Waals surface area contributed by atoms with Crippen molar-refractivity contribution >= 4 is 5.69 Å². The summed E-state index contributed by atoms with van der Waals surface area (Å²) in [5, 5.41) is 10.00. The van der Waals surface area contributed by atoms with Crippen LogP contribution in [0.1, 0.15) is 35.7 Å². The lowest BCUT2D eigenvalue weighted by molar-refractivity contribution is 0.0530. The number of pyridine rings is 1. The zero-order valence-electron chi connectivity index (χ0n) is 18.3. The normalized spacial score (nSPS) is 16.0. The van der Waals surface area contributed by atoms with E-state index < -0.39 is 0 Å². The number of aliphatic hydroxyl groups excluding tert-OH is 1. The monoisotopic (exact) mass is 418 g/mol. The number of para-hydroxylation sites is 1. The predicted octanol–water partition coefficient (Wildman–Crippen LogP) is 5.03. The van der Waals surface area contributed by atoms with Gasteiger partial charge in [-0.2, -0.15) is 0 Å². The third-order valence-electron chi connectivity index (χ3n) is 5.86. The molecule has 0 unspecified atom stereocenters. The van der Waals surface area contributed by atoms with Crippen LogP contribution in [0.4, 0.5) is 5.69 Å². The van der Waals surface area contributed by atoms with Crippen LogP contribution >= 0.6 is 0 Å². The van der Waals surface area contributed by atoms with Crippen molar-refractivity contribution in [3.8, 4) is 11.5 Å². The number of rotatable bonds is 8. The SMILES string of the molecule is CCc1ccccc1Oc1ccc(N2CC[C@H](OCc3ncccc3C)C2)c(CO)c1. The number of hydrogen-bond donors (Lipinski definition) is 1. The van der Waals surface area contributed by atoms with E-state index in [-0.39, 0.29) is 12.7 Å². The van der Waals surface area contributed by atoms with Crippen molar-refractivity contribution < 1.29 is 14.6 Å². The summed E-state index contributed by atoms with van der Waals surface area (Å²) >= 11 is 0. The van der Waals surface area contributed by atoms with E-state index in [0.29, 0.717) is 6.61 Å². The Morgan fingerprint density at radius 2 is 1.97 bits per heavy atom. The minimum Gasteiger partial charge on any atom is -0.457 e. The highest BCUT2D eigenvalue weighted by Crippen LogP contribution is 2.32. The molecule has 1 aromatic heterocycles. The lowest BCUT2D eigenvalue weighted by Gasteiger charge is -2.22. The third kappa shape index (κ3) is 5.06. The first-order valence-electron chi connectivity index (χ1n) is 10.9. The average molecular weight is 419 g/mol. The smallest absolute Gasteiger partial charge is 0.130 e. The Labute approximate surface area is 184 Å². The van der Waals surface area contributed by atoms with Gasteiger partial charge in [0.2, 0.25) is 0 Å². The Morgan fingerprint density at radius 1 is 1.10 bits per heavy atom. The quantitative estimate of drug-likeness (QED) is 0.556. The summed E-state index contributed by atoms with van der Waals surface area (Å²) in [6, 6.07) is 18.0. The number of nitrogens with zero attached hydrogens (tertiary/aromatic N) is 2. The molecular formula is C26H30N2O3. The van der Waals surface area contributed by atoms with E-state index in [4.69, 9.17) is 9.47 Å². The van der Waals surface area contributed by atoms with Crippen molar-refractivity contribution in [2.45, 2.75) is 46.0 Å². The largest absolute Gasteiger partial charge is 0.457 e. The van der Waals surface area contributed by atoms with Gasteiger partial charge in [0, 0.05) is 30.5 Å². The summed E-state index contributed by atoms with van der Waals surface area (Å²) < 4.78 is 12.3. The van der Waals surface area contributed by atoms with Crippen LogP contribution in [0.2, 0.25) is 0 Å². The molecule has 0 spiro atoms. The maximum Gasteiger partial charge on any atom is 0.130 e. The second kappa shape index (κ2) is 9.94. The van der Waals surface area contributed by atoms with Gasteiger partial charge in [-0.15, -0.1) is 0 Å². The van der Waals surface area contributed by atoms with Gasteiger partial charge in [-0.3, -0.25) is 4.98 Å². The molecule has 2 heterocycles. The van der Waals surface area contributed by atoms with Crippen LogP contribution in [0.5, 0.6) is 11.5 Å². The molecular weight excluding hydrogens is 388 g/mol. The molecule has 162 valence electrons. The standard InChI is InChI=1S/C26H30N2O3/c1-3-20-8-4-5-9-26(20)31-22-10-11-25(21(15-22)17-29)28-14-12-23(16-28)30-18-24-19(2)7-6-13-27-24/h4-11,13,15,23,29H,3,12,14,16-18H2,1-2H3/t23-/m0/s1. The van der Waals surface area contributed by atoms with Crippen LogP contribution < -0.4 is 9.64 Å². The van der Waals surface area contributed by atoms with E-state index in [0.717, 1.165) is 59.9 Å². The Kier molecular flexibility index (Phi) is 6.85. The fourth-order valence-electron chi connectivity index (χ4n) is 4.03. The van der Waals surface area contributed by atoms with Gasteiger partial charge in [0.15, 0.2) is 0 Å². The molecule has 5 heteroatoms. The summed E-state index contributed by atoms with van der Waals surface area (Å²) in [7, 11) is 0. The van der Waals surface area contributed by atoms with E-state index >= 15 is 0 Å². The molecule has 0 bridgehead atoms. The Balaban J connectivity index is 1.42. The fraction of sp³-hybridized carbons (Fsp3) is 0.346. The molecule has 3 aromatic rings. The van der Waals surface area contributed by atoms with Gasteiger partial charge in [0.25, 0.3) is 0 Å². The van der Waals surface area contributed by atoms with Crippen LogP contribution in [-0.4, -0.2) is 29.3 Å². The lowest BCUT2D eigenvalue weighted by Crippen LogP contribution is -2.24. The van der Waals surface area contributed by atoms with Crippen molar-refractivity contribution in [1.82, 2.24) is 4.98 Å². The van der Waals surface area contributed by atoms with Crippen molar-refractivity contribution in [3.05, 3.63) is 83.2 Å². The topological polar surface area (TPSA) is 54.8 Å². The molecule has 0 radical (unpaired) electrons. The molecule has 1 aliphatic heterocycles. The number of ether oxygens (including phenoxy) is 2. The number of hydrogen-bond acceptors (Lipinski definition) is 5. The zero-order valence-corrected chi connectivity index (χ0v) is 18.3. The van der Waals surface area contributed by atoms with E-state index in [2.05, 4.69) is 35.9 Å². The number of benzene rings is 2. The lowest BCUT2D eigenvalue weighted by atomic mass is 10.1. The van der Waals surface area contributed by atoms with E-state index in [1.54, 1.807) is 0 Å². The highest BCUT2D eigenvalue weighted by atomic mass is 16.5. The molecule has 5 nitrogen and oxygen atoms in total. The van der Waals surface area contributed by atoms with Crippen LogP contribution in [0.15, 0.2) is 60.8 Å². The minimum atomic E-state index is -0.0306. The van der Waals surface area contributed by atoms with Crippen molar-refractivity contribution in [3.63, 3.8) is 0 Å². The van der Waals surface area contributed by atoms with E-state index in [1.165, 1.54) is 5.56 Å². The maximum absolute atomic E-state index is 10.00. The molecule has 1 aliphatic rings. The Hall–Kier alpha value is -2.89. The van der Waals surface area contributed by atoms with Crippen molar-refractivity contribution in [1.29, 1.82) is 0 Å². The van der Waals surface area contributed by atoms with Crippen molar-refractivity contribution in [2.75, 3.05) is 18.0 Å². The average Bonchev–Trinajstić information content (AvgIpc) is 3.27. The highest BCUT2D eigenvalue weighted by Gasteiger charge is 2.25. The second-order valence-electron chi connectivity index (χ2n) is 7.95.